The van der Waals surface area contributed by atoms with Crippen LogP contribution < -0.4 is 0 Å². The summed E-state index contributed by atoms with van der Waals surface area (Å²) in [6.45, 7) is 23.3. The molecule has 0 rings (SSSR count). The fourth-order valence-corrected chi connectivity index (χ4v) is 4.14. The van der Waals surface area contributed by atoms with E-state index in [1.807, 2.05) is 6.08 Å². The Bertz CT molecular complexity index is 415. The van der Waals surface area contributed by atoms with E-state index in [4.69, 9.17) is 8.85 Å². The Hall–Kier alpha value is -0.236. The highest BCUT2D eigenvalue weighted by Crippen LogP contribution is 2.38. The number of rotatable bonds is 9. The molecule has 0 radical (unpaired) electrons. The molecule has 0 heterocycles. The third kappa shape index (κ3) is 7.76. The minimum atomic E-state index is -1.84. The molecule has 0 saturated heterocycles. The van der Waals surface area contributed by atoms with Gasteiger partial charge in [0.15, 0.2) is 16.6 Å². The summed E-state index contributed by atoms with van der Waals surface area (Å²) in [4.78, 5) is 10.7. The molecular weight excluding hydrogens is 332 g/mol. The molecule has 0 fully saturated rings. The van der Waals surface area contributed by atoms with Crippen molar-refractivity contribution < 1.29 is 13.6 Å². The van der Waals surface area contributed by atoms with Crippen molar-refractivity contribution >= 4 is 22.9 Å². The standard InChI is InChI=1S/C19H40O3Si2/c1-18(2,3)23(7,8)21-16-12-14-17(13-11-15-20)22-24(9,10)19(4,5)6/h11,13,15,17H,12,14,16H2,1-10H3/b13-11+. The number of allylic oxidation sites excluding steroid dienone is 1. The number of hydrogen-bond acceptors (Lipinski definition) is 3. The Balaban J connectivity index is 4.67. The molecule has 0 N–H and O–H groups in total. The van der Waals surface area contributed by atoms with Gasteiger partial charge in [0.1, 0.15) is 6.29 Å². The third-order valence-electron chi connectivity index (χ3n) is 5.56. The molecule has 0 aromatic carbocycles. The lowest BCUT2D eigenvalue weighted by molar-refractivity contribution is -0.104. The predicted octanol–water partition coefficient (Wildman–Crippen LogP) is 5.93. The van der Waals surface area contributed by atoms with Crippen LogP contribution >= 0.6 is 0 Å². The molecule has 0 saturated carbocycles. The van der Waals surface area contributed by atoms with E-state index < -0.39 is 16.6 Å². The Morgan fingerprint density at radius 1 is 0.917 bits per heavy atom. The minimum absolute atomic E-state index is 0.000827. The van der Waals surface area contributed by atoms with E-state index in [0.717, 1.165) is 25.7 Å². The van der Waals surface area contributed by atoms with Gasteiger partial charge in [0.05, 0.1) is 6.10 Å². The summed E-state index contributed by atoms with van der Waals surface area (Å²) in [6, 6.07) is 0. The molecule has 3 nitrogen and oxygen atoms in total. The Kier molecular flexibility index (Phi) is 8.83. The highest BCUT2D eigenvalue weighted by atomic mass is 28.4. The van der Waals surface area contributed by atoms with Crippen molar-refractivity contribution in [1.82, 2.24) is 0 Å². The zero-order valence-corrected chi connectivity index (χ0v) is 19.7. The second-order valence-electron chi connectivity index (χ2n) is 9.69. The van der Waals surface area contributed by atoms with E-state index in [0.29, 0.717) is 0 Å². The smallest absolute Gasteiger partial charge is 0.192 e. The van der Waals surface area contributed by atoms with Crippen LogP contribution in [0.15, 0.2) is 12.2 Å². The average molecular weight is 373 g/mol. The fourth-order valence-electron chi connectivity index (χ4n) is 1.75. The SMILES string of the molecule is CC(C)(C)[Si](C)(C)OCCCC(/C=C/C=O)O[Si](C)(C)C(C)(C)C. The normalized spacial score (nSPS) is 15.8. The number of carbonyl (C=O) groups is 1. The van der Waals surface area contributed by atoms with E-state index in [2.05, 4.69) is 67.7 Å². The number of carbonyl (C=O) groups excluding carboxylic acids is 1. The van der Waals surface area contributed by atoms with Gasteiger partial charge >= 0.3 is 0 Å². The van der Waals surface area contributed by atoms with E-state index in [9.17, 15) is 4.79 Å². The first-order valence-corrected chi connectivity index (χ1v) is 14.9. The summed E-state index contributed by atoms with van der Waals surface area (Å²) >= 11 is 0. The van der Waals surface area contributed by atoms with Gasteiger partial charge in [0.2, 0.25) is 0 Å². The van der Waals surface area contributed by atoms with Gasteiger partial charge in [-0.15, -0.1) is 0 Å². The van der Waals surface area contributed by atoms with Gasteiger partial charge in [0.25, 0.3) is 0 Å². The summed E-state index contributed by atoms with van der Waals surface area (Å²) in [5.41, 5.74) is 0. The lowest BCUT2D eigenvalue weighted by Gasteiger charge is -2.39. The van der Waals surface area contributed by atoms with Gasteiger partial charge in [-0.1, -0.05) is 47.6 Å². The molecule has 0 aliphatic carbocycles. The first-order chi connectivity index (χ1) is 10.6. The van der Waals surface area contributed by atoms with Crippen molar-refractivity contribution in [2.24, 2.45) is 0 Å². The van der Waals surface area contributed by atoms with Crippen LogP contribution in [0.3, 0.4) is 0 Å². The third-order valence-corrected chi connectivity index (χ3v) is 14.6. The Morgan fingerprint density at radius 2 is 1.42 bits per heavy atom. The van der Waals surface area contributed by atoms with Crippen LogP contribution in [-0.4, -0.2) is 35.6 Å². The molecule has 0 spiro atoms. The predicted molar refractivity (Wildman–Crippen MR) is 110 cm³/mol. The van der Waals surface area contributed by atoms with Crippen molar-refractivity contribution in [2.45, 2.75) is 96.8 Å². The van der Waals surface area contributed by atoms with Crippen molar-refractivity contribution in [3.63, 3.8) is 0 Å². The van der Waals surface area contributed by atoms with E-state index in [1.54, 1.807) is 6.08 Å². The van der Waals surface area contributed by atoms with E-state index in [-0.39, 0.29) is 16.2 Å². The maximum absolute atomic E-state index is 10.7. The minimum Gasteiger partial charge on any atom is -0.417 e. The zero-order chi connectivity index (χ0) is 19.2. The monoisotopic (exact) mass is 372 g/mol. The van der Waals surface area contributed by atoms with E-state index >= 15 is 0 Å². The maximum Gasteiger partial charge on any atom is 0.192 e. The summed E-state index contributed by atoms with van der Waals surface area (Å²) in [6.07, 6.45) is 6.14. The van der Waals surface area contributed by atoms with Crippen LogP contribution in [0.25, 0.3) is 0 Å². The second kappa shape index (κ2) is 8.92. The van der Waals surface area contributed by atoms with Gasteiger partial charge in [-0.2, -0.15) is 0 Å². The molecule has 0 aromatic rings. The van der Waals surface area contributed by atoms with Gasteiger partial charge in [-0.05, 0) is 55.2 Å². The lowest BCUT2D eigenvalue weighted by Crippen LogP contribution is -2.43. The van der Waals surface area contributed by atoms with Gasteiger partial charge < -0.3 is 8.85 Å². The van der Waals surface area contributed by atoms with Crippen molar-refractivity contribution in [3.05, 3.63) is 12.2 Å². The molecule has 0 amide bonds. The molecule has 0 bridgehead atoms. The van der Waals surface area contributed by atoms with Crippen molar-refractivity contribution in [3.8, 4) is 0 Å². The summed E-state index contributed by atoms with van der Waals surface area (Å²) in [5.74, 6) is 0. The van der Waals surface area contributed by atoms with Crippen LogP contribution in [0.2, 0.25) is 36.3 Å². The topological polar surface area (TPSA) is 35.5 Å². The van der Waals surface area contributed by atoms with Crippen LogP contribution in [0.4, 0.5) is 0 Å². The van der Waals surface area contributed by atoms with Gasteiger partial charge in [-0.3, -0.25) is 4.79 Å². The average Bonchev–Trinajstić information content (AvgIpc) is 2.37. The van der Waals surface area contributed by atoms with Crippen LogP contribution in [0.5, 0.6) is 0 Å². The molecular formula is C19H40O3Si2. The van der Waals surface area contributed by atoms with Crippen molar-refractivity contribution in [2.75, 3.05) is 6.61 Å². The molecule has 1 atom stereocenters. The Morgan fingerprint density at radius 3 is 1.83 bits per heavy atom. The molecule has 0 aliphatic heterocycles. The summed E-state index contributed by atoms with van der Waals surface area (Å²) < 4.78 is 12.7. The highest BCUT2D eigenvalue weighted by molar-refractivity contribution is 6.74. The lowest BCUT2D eigenvalue weighted by atomic mass is 10.2. The number of hydrogen-bond donors (Lipinski definition) is 0. The molecule has 0 aliphatic rings. The summed E-state index contributed by atoms with van der Waals surface area (Å²) in [7, 11) is -3.53. The molecule has 1 unspecified atom stereocenters. The van der Waals surface area contributed by atoms with Crippen molar-refractivity contribution in [1.29, 1.82) is 0 Å². The fraction of sp³-hybridized carbons (Fsp3) is 0.842. The Labute approximate surface area is 152 Å². The molecule has 142 valence electrons. The molecule has 0 aromatic heterocycles. The van der Waals surface area contributed by atoms with E-state index in [1.165, 1.54) is 0 Å². The number of aldehydes is 1. The molecule has 24 heavy (non-hydrogen) atoms. The summed E-state index contributed by atoms with van der Waals surface area (Å²) in [5, 5.41) is 0.402. The first kappa shape index (κ1) is 23.8. The molecule has 5 heteroatoms. The quantitative estimate of drug-likeness (QED) is 0.218. The highest BCUT2D eigenvalue weighted by Gasteiger charge is 2.39. The largest absolute Gasteiger partial charge is 0.417 e. The van der Waals surface area contributed by atoms with Gasteiger partial charge in [0, 0.05) is 6.61 Å². The van der Waals surface area contributed by atoms with Crippen LogP contribution in [-0.2, 0) is 13.6 Å². The first-order valence-electron chi connectivity index (χ1n) is 9.08. The van der Waals surface area contributed by atoms with Gasteiger partial charge in [-0.25, -0.2) is 0 Å². The maximum atomic E-state index is 10.7. The zero-order valence-electron chi connectivity index (χ0n) is 17.7. The van der Waals surface area contributed by atoms with Crippen LogP contribution in [0, 0.1) is 0 Å². The van der Waals surface area contributed by atoms with Crippen LogP contribution in [0.1, 0.15) is 54.4 Å². The second-order valence-corrected chi connectivity index (χ2v) is 19.3.